The van der Waals surface area contributed by atoms with Crippen molar-refractivity contribution in [3.8, 4) is 0 Å². The van der Waals surface area contributed by atoms with E-state index in [0.29, 0.717) is 43.2 Å². The maximum atomic E-state index is 10.4. The number of hydrogen-bond donors (Lipinski definition) is 1. The normalized spacial score (nSPS) is 26.9. The van der Waals surface area contributed by atoms with E-state index in [1.54, 1.807) is 0 Å². The lowest BCUT2D eigenvalue weighted by Crippen LogP contribution is -2.44. The van der Waals surface area contributed by atoms with Crippen LogP contribution in [0.5, 0.6) is 0 Å². The molecule has 0 radical (unpaired) electrons. The Morgan fingerprint density at radius 3 is 2.09 bits per heavy atom. The van der Waals surface area contributed by atoms with E-state index in [0.717, 1.165) is 12.3 Å². The van der Waals surface area contributed by atoms with Crippen LogP contribution in [0.15, 0.2) is 0 Å². The molecule has 4 heteroatoms. The smallest absolute Gasteiger partial charge is 0.0900 e. The minimum Gasteiger partial charge on any atom is -0.389 e. The number of nitrogens with zero attached hydrogens (tertiary/aromatic N) is 1. The van der Waals surface area contributed by atoms with Gasteiger partial charge >= 0.3 is 0 Å². The SMILES string of the molecule is CC1CCC(C(C)C)C(OCC(O)CN(C(C)C)C(C)C)C1.Cl. The molecule has 0 aromatic carbocycles. The van der Waals surface area contributed by atoms with E-state index in [2.05, 4.69) is 53.4 Å². The van der Waals surface area contributed by atoms with E-state index in [4.69, 9.17) is 4.74 Å². The van der Waals surface area contributed by atoms with E-state index in [1.807, 2.05) is 0 Å². The van der Waals surface area contributed by atoms with Crippen molar-refractivity contribution in [2.45, 2.75) is 92.0 Å². The van der Waals surface area contributed by atoms with Crippen molar-refractivity contribution in [2.24, 2.45) is 17.8 Å². The quantitative estimate of drug-likeness (QED) is 0.706. The van der Waals surface area contributed by atoms with Crippen molar-refractivity contribution in [3.63, 3.8) is 0 Å². The molecular formula is C19H40ClNO2. The number of rotatable bonds is 8. The van der Waals surface area contributed by atoms with Gasteiger partial charge in [0.25, 0.3) is 0 Å². The minimum atomic E-state index is -0.394. The second kappa shape index (κ2) is 10.9. The Kier molecular flexibility index (Phi) is 11.0. The molecule has 1 saturated carbocycles. The van der Waals surface area contributed by atoms with Gasteiger partial charge in [0.15, 0.2) is 0 Å². The molecular weight excluding hydrogens is 310 g/mol. The van der Waals surface area contributed by atoms with Gasteiger partial charge in [0, 0.05) is 18.6 Å². The second-order valence-corrected chi connectivity index (χ2v) is 8.24. The molecule has 1 rings (SSSR count). The molecule has 0 bridgehead atoms. The summed E-state index contributed by atoms with van der Waals surface area (Å²) < 4.78 is 6.17. The topological polar surface area (TPSA) is 32.7 Å². The molecule has 1 fully saturated rings. The van der Waals surface area contributed by atoms with Crippen molar-refractivity contribution < 1.29 is 9.84 Å². The number of aliphatic hydroxyl groups is 1. The molecule has 3 nitrogen and oxygen atoms in total. The van der Waals surface area contributed by atoms with Gasteiger partial charge in [-0.1, -0.05) is 27.2 Å². The third kappa shape index (κ3) is 7.72. The Morgan fingerprint density at radius 2 is 1.61 bits per heavy atom. The van der Waals surface area contributed by atoms with E-state index >= 15 is 0 Å². The number of aliphatic hydroxyl groups excluding tert-OH is 1. The van der Waals surface area contributed by atoms with Crippen LogP contribution in [-0.4, -0.2) is 47.4 Å². The van der Waals surface area contributed by atoms with Gasteiger partial charge in [0.05, 0.1) is 18.8 Å². The van der Waals surface area contributed by atoms with Gasteiger partial charge in [0.2, 0.25) is 0 Å². The predicted octanol–water partition coefficient (Wildman–Crippen LogP) is 4.37. The van der Waals surface area contributed by atoms with Gasteiger partial charge in [-0.15, -0.1) is 12.4 Å². The van der Waals surface area contributed by atoms with Crippen molar-refractivity contribution in [1.29, 1.82) is 0 Å². The largest absolute Gasteiger partial charge is 0.389 e. The molecule has 0 aromatic heterocycles. The third-order valence-electron chi connectivity index (χ3n) is 5.21. The van der Waals surface area contributed by atoms with Gasteiger partial charge in [-0.25, -0.2) is 0 Å². The van der Waals surface area contributed by atoms with Gasteiger partial charge in [-0.05, 0) is 58.3 Å². The molecule has 4 unspecified atom stereocenters. The van der Waals surface area contributed by atoms with Crippen LogP contribution in [0.25, 0.3) is 0 Å². The summed E-state index contributed by atoms with van der Waals surface area (Å²) in [4.78, 5) is 2.33. The highest BCUT2D eigenvalue weighted by Gasteiger charge is 2.32. The molecule has 0 spiro atoms. The van der Waals surface area contributed by atoms with Crippen molar-refractivity contribution in [3.05, 3.63) is 0 Å². The van der Waals surface area contributed by atoms with Gasteiger partial charge in [0.1, 0.15) is 0 Å². The first-order valence-corrected chi connectivity index (χ1v) is 9.27. The van der Waals surface area contributed by atoms with Gasteiger partial charge < -0.3 is 9.84 Å². The average molecular weight is 350 g/mol. The second-order valence-electron chi connectivity index (χ2n) is 8.24. The standard InChI is InChI=1S/C19H39NO2.ClH/c1-13(2)18-9-8-16(7)10-19(18)22-12-17(21)11-20(14(3)4)15(5)6;/h13-19,21H,8-12H2,1-7H3;1H. The van der Waals surface area contributed by atoms with Crippen LogP contribution in [0, 0.1) is 17.8 Å². The predicted molar refractivity (Wildman–Crippen MR) is 101 cm³/mol. The Balaban J connectivity index is 0.00000484. The van der Waals surface area contributed by atoms with Crippen LogP contribution in [0.4, 0.5) is 0 Å². The summed E-state index contributed by atoms with van der Waals surface area (Å²) in [6.07, 6.45) is 3.66. The molecule has 0 aliphatic heterocycles. The Labute approximate surface area is 150 Å². The zero-order valence-corrected chi connectivity index (χ0v) is 17.1. The molecule has 1 aliphatic carbocycles. The number of halogens is 1. The fourth-order valence-electron chi connectivity index (χ4n) is 3.86. The summed E-state index contributed by atoms with van der Waals surface area (Å²) in [6, 6.07) is 0.903. The summed E-state index contributed by atoms with van der Waals surface area (Å²) in [6.45, 7) is 16.8. The molecule has 0 amide bonds. The summed E-state index contributed by atoms with van der Waals surface area (Å²) in [5.41, 5.74) is 0. The summed E-state index contributed by atoms with van der Waals surface area (Å²) in [5, 5.41) is 10.4. The number of ether oxygens (including phenoxy) is 1. The van der Waals surface area contributed by atoms with Crippen molar-refractivity contribution >= 4 is 12.4 Å². The molecule has 1 aliphatic rings. The number of hydrogen-bond acceptors (Lipinski definition) is 3. The monoisotopic (exact) mass is 349 g/mol. The first-order valence-electron chi connectivity index (χ1n) is 9.27. The van der Waals surface area contributed by atoms with E-state index in [9.17, 15) is 5.11 Å². The van der Waals surface area contributed by atoms with Crippen molar-refractivity contribution in [2.75, 3.05) is 13.2 Å². The highest BCUT2D eigenvalue weighted by molar-refractivity contribution is 5.85. The zero-order valence-electron chi connectivity index (χ0n) is 16.3. The summed E-state index contributed by atoms with van der Waals surface area (Å²) >= 11 is 0. The summed E-state index contributed by atoms with van der Waals surface area (Å²) in [7, 11) is 0. The Bertz CT molecular complexity index is 302. The first-order chi connectivity index (χ1) is 10.2. The van der Waals surface area contributed by atoms with Crippen molar-refractivity contribution in [1.82, 2.24) is 4.90 Å². The maximum Gasteiger partial charge on any atom is 0.0900 e. The van der Waals surface area contributed by atoms with Crippen LogP contribution in [0.3, 0.4) is 0 Å². The lowest BCUT2D eigenvalue weighted by molar-refractivity contribution is -0.0767. The van der Waals surface area contributed by atoms with Crippen LogP contribution in [0.2, 0.25) is 0 Å². The minimum absolute atomic E-state index is 0. The molecule has 0 heterocycles. The average Bonchev–Trinajstić information content (AvgIpc) is 2.41. The highest BCUT2D eigenvalue weighted by atomic mass is 35.5. The van der Waals surface area contributed by atoms with E-state index in [-0.39, 0.29) is 12.4 Å². The fourth-order valence-corrected chi connectivity index (χ4v) is 3.86. The molecule has 4 atom stereocenters. The van der Waals surface area contributed by atoms with Crippen LogP contribution in [0.1, 0.15) is 67.7 Å². The van der Waals surface area contributed by atoms with E-state index in [1.165, 1.54) is 12.8 Å². The van der Waals surface area contributed by atoms with Crippen LogP contribution >= 0.6 is 12.4 Å². The molecule has 23 heavy (non-hydrogen) atoms. The summed E-state index contributed by atoms with van der Waals surface area (Å²) in [5.74, 6) is 2.06. The van der Waals surface area contributed by atoms with E-state index < -0.39 is 6.10 Å². The highest BCUT2D eigenvalue weighted by Crippen LogP contribution is 2.35. The maximum absolute atomic E-state index is 10.4. The molecule has 0 saturated heterocycles. The Morgan fingerprint density at radius 1 is 1.04 bits per heavy atom. The van der Waals surface area contributed by atoms with Gasteiger partial charge in [-0.2, -0.15) is 0 Å². The molecule has 140 valence electrons. The lowest BCUT2D eigenvalue weighted by atomic mass is 9.75. The Hall–Kier alpha value is 0.170. The molecule has 0 aromatic rings. The third-order valence-corrected chi connectivity index (χ3v) is 5.21. The zero-order chi connectivity index (χ0) is 16.9. The van der Waals surface area contributed by atoms with Gasteiger partial charge in [-0.3, -0.25) is 4.90 Å². The first kappa shape index (κ1) is 23.2. The fraction of sp³-hybridized carbons (Fsp3) is 1.00. The van der Waals surface area contributed by atoms with Crippen LogP contribution in [-0.2, 0) is 4.74 Å². The lowest BCUT2D eigenvalue weighted by Gasteiger charge is -2.38. The molecule has 1 N–H and O–H groups in total. The van der Waals surface area contributed by atoms with Crippen LogP contribution < -0.4 is 0 Å².